The highest BCUT2D eigenvalue weighted by atomic mass is 35.5. The number of hydrogen-bond acceptors (Lipinski definition) is 2. The summed E-state index contributed by atoms with van der Waals surface area (Å²) in [5.41, 5.74) is 4.60. The molecule has 2 aromatic rings. The van der Waals surface area contributed by atoms with Crippen molar-refractivity contribution < 1.29 is 9.59 Å². The van der Waals surface area contributed by atoms with E-state index in [1.807, 2.05) is 37.3 Å². The highest BCUT2D eigenvalue weighted by Crippen LogP contribution is 2.22. The van der Waals surface area contributed by atoms with Crippen LogP contribution in [0.1, 0.15) is 49.8 Å². The molecule has 0 heterocycles. The zero-order chi connectivity index (χ0) is 22.6. The van der Waals surface area contributed by atoms with Crippen LogP contribution in [0.25, 0.3) is 5.57 Å². The maximum Gasteiger partial charge on any atom is 0.224 e. The lowest BCUT2D eigenvalue weighted by Gasteiger charge is -2.23. The third-order valence-electron chi connectivity index (χ3n) is 5.43. The lowest BCUT2D eigenvalue weighted by Crippen LogP contribution is -2.38. The summed E-state index contributed by atoms with van der Waals surface area (Å²) in [7, 11) is 0. The van der Waals surface area contributed by atoms with Crippen molar-refractivity contribution in [2.75, 3.05) is 13.1 Å². The van der Waals surface area contributed by atoms with Gasteiger partial charge in [0.2, 0.25) is 12.3 Å². The average Bonchev–Trinajstić information content (AvgIpc) is 2.77. The normalized spacial score (nSPS) is 12.3. The van der Waals surface area contributed by atoms with Gasteiger partial charge >= 0.3 is 0 Å². The molecule has 166 valence electrons. The van der Waals surface area contributed by atoms with Gasteiger partial charge in [0, 0.05) is 24.7 Å². The van der Waals surface area contributed by atoms with Crippen LogP contribution in [0.3, 0.4) is 0 Å². The predicted molar refractivity (Wildman–Crippen MR) is 129 cm³/mol. The Kier molecular flexibility index (Phi) is 10.3. The van der Waals surface area contributed by atoms with Crippen molar-refractivity contribution in [1.82, 2.24) is 10.2 Å². The quantitative estimate of drug-likeness (QED) is 0.434. The Balaban J connectivity index is 1.94. The van der Waals surface area contributed by atoms with Crippen LogP contribution in [-0.4, -0.2) is 30.3 Å². The SMILES string of the molecule is CC/C=C(/CCNC(=O)C(CC)CN(C=O)Cc1ccccc1Cl)c1ccccc1C. The Morgan fingerprint density at radius 1 is 1.13 bits per heavy atom. The molecule has 0 bridgehead atoms. The monoisotopic (exact) mass is 440 g/mol. The van der Waals surface area contributed by atoms with E-state index in [2.05, 4.69) is 37.4 Å². The molecule has 0 spiro atoms. The fraction of sp³-hybridized carbons (Fsp3) is 0.385. The number of nitrogens with zero attached hydrogens (tertiary/aromatic N) is 1. The summed E-state index contributed by atoms with van der Waals surface area (Å²) in [5, 5.41) is 3.69. The van der Waals surface area contributed by atoms with Crippen LogP contribution in [-0.2, 0) is 16.1 Å². The Bertz CT molecular complexity index is 894. The van der Waals surface area contributed by atoms with Crippen LogP contribution in [0.15, 0.2) is 54.6 Å². The highest BCUT2D eigenvalue weighted by Gasteiger charge is 2.20. The molecule has 1 atom stereocenters. The largest absolute Gasteiger partial charge is 0.355 e. The third-order valence-corrected chi connectivity index (χ3v) is 5.80. The van der Waals surface area contributed by atoms with Gasteiger partial charge in [0.25, 0.3) is 0 Å². The number of halogens is 1. The van der Waals surface area contributed by atoms with Gasteiger partial charge in [-0.05, 0) is 54.5 Å². The minimum Gasteiger partial charge on any atom is -0.355 e. The van der Waals surface area contributed by atoms with Crippen molar-refractivity contribution in [1.29, 1.82) is 0 Å². The summed E-state index contributed by atoms with van der Waals surface area (Å²) in [6.07, 6.45) is 5.40. The standard InChI is InChI=1S/C26H33ClN2O2/c1-4-10-22(24-13-8-6-11-20(24)3)15-16-28-26(31)21(5-2)17-29(19-30)18-23-12-7-9-14-25(23)27/h6-14,19,21H,4-5,15-18H2,1-3H3,(H,28,31)/b22-10-. The fourth-order valence-electron chi connectivity index (χ4n) is 3.66. The molecule has 0 fully saturated rings. The van der Waals surface area contributed by atoms with Gasteiger partial charge in [-0.25, -0.2) is 0 Å². The van der Waals surface area contributed by atoms with Gasteiger partial charge in [-0.1, -0.05) is 74.0 Å². The van der Waals surface area contributed by atoms with Gasteiger partial charge in [-0.3, -0.25) is 9.59 Å². The first-order valence-corrected chi connectivity index (χ1v) is 11.3. The van der Waals surface area contributed by atoms with Gasteiger partial charge in [-0.2, -0.15) is 0 Å². The number of carbonyl (C=O) groups excluding carboxylic acids is 2. The summed E-state index contributed by atoms with van der Waals surface area (Å²) in [5.74, 6) is -0.279. The Morgan fingerprint density at radius 2 is 1.84 bits per heavy atom. The van der Waals surface area contributed by atoms with Crippen LogP contribution in [0.5, 0.6) is 0 Å². The first-order chi connectivity index (χ1) is 15.0. The molecule has 0 aliphatic carbocycles. The number of aryl methyl sites for hydroxylation is 1. The molecule has 0 aliphatic heterocycles. The molecule has 5 heteroatoms. The zero-order valence-corrected chi connectivity index (χ0v) is 19.5. The second kappa shape index (κ2) is 13.0. The van der Waals surface area contributed by atoms with E-state index in [-0.39, 0.29) is 11.8 Å². The van der Waals surface area contributed by atoms with Crippen LogP contribution in [0.2, 0.25) is 5.02 Å². The van der Waals surface area contributed by atoms with Crippen molar-refractivity contribution in [3.63, 3.8) is 0 Å². The number of allylic oxidation sites excluding steroid dienone is 1. The molecule has 2 rings (SSSR count). The Labute approximate surface area is 191 Å². The molecular formula is C26H33ClN2O2. The van der Waals surface area contributed by atoms with Crippen LogP contribution >= 0.6 is 11.6 Å². The summed E-state index contributed by atoms with van der Waals surface area (Å²) < 4.78 is 0. The van der Waals surface area contributed by atoms with Gasteiger partial charge in [0.05, 0.1) is 5.92 Å². The Hall–Kier alpha value is -2.59. The maximum absolute atomic E-state index is 12.8. The molecule has 0 radical (unpaired) electrons. The topological polar surface area (TPSA) is 49.4 Å². The molecule has 1 N–H and O–H groups in total. The number of carbonyl (C=O) groups is 2. The smallest absolute Gasteiger partial charge is 0.224 e. The highest BCUT2D eigenvalue weighted by molar-refractivity contribution is 6.31. The van der Waals surface area contributed by atoms with E-state index >= 15 is 0 Å². The van der Waals surface area contributed by atoms with Crippen LogP contribution in [0.4, 0.5) is 0 Å². The minimum atomic E-state index is -0.259. The van der Waals surface area contributed by atoms with E-state index in [1.54, 1.807) is 11.0 Å². The van der Waals surface area contributed by atoms with Crippen molar-refractivity contribution in [3.05, 3.63) is 76.3 Å². The van der Waals surface area contributed by atoms with E-state index in [4.69, 9.17) is 11.6 Å². The van der Waals surface area contributed by atoms with Gasteiger partial charge in [0.15, 0.2) is 0 Å². The molecule has 2 aromatic carbocycles. The molecule has 4 nitrogen and oxygen atoms in total. The fourth-order valence-corrected chi connectivity index (χ4v) is 3.86. The number of hydrogen-bond donors (Lipinski definition) is 1. The second-order valence-corrected chi connectivity index (χ2v) is 8.13. The molecule has 0 saturated heterocycles. The Morgan fingerprint density at radius 3 is 2.48 bits per heavy atom. The summed E-state index contributed by atoms with van der Waals surface area (Å²) in [6.45, 7) is 7.53. The van der Waals surface area contributed by atoms with Crippen molar-refractivity contribution >= 4 is 29.5 Å². The van der Waals surface area contributed by atoms with Crippen LogP contribution < -0.4 is 5.32 Å². The van der Waals surface area contributed by atoms with Gasteiger partial charge in [0.1, 0.15) is 0 Å². The van der Waals surface area contributed by atoms with E-state index in [9.17, 15) is 9.59 Å². The molecule has 2 amide bonds. The molecule has 0 saturated carbocycles. The predicted octanol–water partition coefficient (Wildman–Crippen LogP) is 5.63. The molecular weight excluding hydrogens is 408 g/mol. The molecule has 31 heavy (non-hydrogen) atoms. The number of amides is 2. The summed E-state index contributed by atoms with van der Waals surface area (Å²) in [6, 6.07) is 15.8. The lowest BCUT2D eigenvalue weighted by molar-refractivity contribution is -0.127. The molecule has 1 unspecified atom stereocenters. The van der Waals surface area contributed by atoms with E-state index in [0.29, 0.717) is 31.1 Å². The molecule has 0 aliphatic rings. The average molecular weight is 441 g/mol. The van der Waals surface area contributed by atoms with Crippen molar-refractivity contribution in [2.24, 2.45) is 5.92 Å². The van der Waals surface area contributed by atoms with Crippen molar-refractivity contribution in [2.45, 2.75) is 46.6 Å². The zero-order valence-electron chi connectivity index (χ0n) is 18.7. The lowest BCUT2D eigenvalue weighted by atomic mass is 9.97. The number of rotatable bonds is 12. The first-order valence-electron chi connectivity index (χ1n) is 11.0. The van der Waals surface area contributed by atoms with Gasteiger partial charge in [-0.15, -0.1) is 0 Å². The van der Waals surface area contributed by atoms with E-state index in [0.717, 1.165) is 24.8 Å². The minimum absolute atomic E-state index is 0.0193. The summed E-state index contributed by atoms with van der Waals surface area (Å²) in [4.78, 5) is 26.0. The first kappa shape index (κ1) is 24.7. The summed E-state index contributed by atoms with van der Waals surface area (Å²) >= 11 is 6.22. The van der Waals surface area contributed by atoms with E-state index in [1.165, 1.54) is 16.7 Å². The number of benzene rings is 2. The van der Waals surface area contributed by atoms with E-state index < -0.39 is 0 Å². The number of nitrogens with one attached hydrogen (secondary N) is 1. The van der Waals surface area contributed by atoms with Crippen LogP contribution in [0, 0.1) is 12.8 Å². The second-order valence-electron chi connectivity index (χ2n) is 7.72. The molecule has 0 aromatic heterocycles. The maximum atomic E-state index is 12.8. The van der Waals surface area contributed by atoms with Gasteiger partial charge < -0.3 is 10.2 Å². The van der Waals surface area contributed by atoms with Crippen molar-refractivity contribution in [3.8, 4) is 0 Å². The third kappa shape index (κ3) is 7.55.